The zero-order valence-corrected chi connectivity index (χ0v) is 22.3. The molecular weight excluding hydrogens is 480 g/mol. The van der Waals surface area contributed by atoms with Gasteiger partial charge in [-0.2, -0.15) is 0 Å². The average Bonchev–Trinajstić information content (AvgIpc) is 3.70. The topological polar surface area (TPSA) is 120 Å². The van der Waals surface area contributed by atoms with Gasteiger partial charge in [0.15, 0.2) is 6.10 Å². The lowest BCUT2D eigenvalue weighted by molar-refractivity contribution is -0.151. The standard InChI is InChI=1S/C26H36N4O7/c1-17(19-14-18(22(34-5)28-15-19)8-7-11-27-24(32)35-6)30(20-9-10-20)23(31)21-16-29(12-13-36-21)25(33)37-26(2,3)4/h14-15,17,20-21H,9-13,16H2,1-6H3,(H,27,32)/t17?,21-/m1/s1. The van der Waals surface area contributed by atoms with E-state index in [2.05, 4.69) is 26.9 Å². The Morgan fingerprint density at radius 2 is 2.03 bits per heavy atom. The third-order valence-electron chi connectivity index (χ3n) is 5.88. The number of aromatic nitrogens is 1. The molecule has 2 heterocycles. The number of carbonyl (C=O) groups is 3. The summed E-state index contributed by atoms with van der Waals surface area (Å²) >= 11 is 0. The van der Waals surface area contributed by atoms with E-state index in [1.165, 1.54) is 19.1 Å². The zero-order valence-electron chi connectivity index (χ0n) is 22.3. The summed E-state index contributed by atoms with van der Waals surface area (Å²) in [6.45, 7) is 8.21. The fourth-order valence-corrected chi connectivity index (χ4v) is 3.93. The number of rotatable bonds is 6. The van der Waals surface area contributed by atoms with Crippen molar-refractivity contribution >= 4 is 18.1 Å². The van der Waals surface area contributed by atoms with Crippen LogP contribution in [0.4, 0.5) is 9.59 Å². The lowest BCUT2D eigenvalue weighted by atomic mass is 10.1. The Bertz CT molecular complexity index is 1060. The van der Waals surface area contributed by atoms with Gasteiger partial charge < -0.3 is 34.1 Å². The van der Waals surface area contributed by atoms with Gasteiger partial charge in [0.05, 0.1) is 45.5 Å². The second-order valence-corrected chi connectivity index (χ2v) is 9.91. The molecule has 11 heteroatoms. The van der Waals surface area contributed by atoms with Crippen molar-refractivity contribution in [1.82, 2.24) is 20.1 Å². The Hall–Kier alpha value is -3.52. The molecular formula is C26H36N4O7. The van der Waals surface area contributed by atoms with Crippen molar-refractivity contribution < 1.29 is 33.3 Å². The molecule has 1 N–H and O–H groups in total. The van der Waals surface area contributed by atoms with Crippen LogP contribution in [-0.2, 0) is 19.0 Å². The first-order valence-corrected chi connectivity index (χ1v) is 12.3. The molecule has 1 unspecified atom stereocenters. The molecule has 1 aliphatic heterocycles. The van der Waals surface area contributed by atoms with Crippen molar-refractivity contribution in [3.8, 4) is 17.7 Å². The largest absolute Gasteiger partial charge is 0.480 e. The predicted octanol–water partition coefficient (Wildman–Crippen LogP) is 2.49. The SMILES string of the molecule is COC(=O)NCC#Cc1cc(C(C)N(C(=O)[C@H]2CN(C(=O)OC(C)(C)C)CCO2)C2CC2)cnc1OC. The van der Waals surface area contributed by atoms with Gasteiger partial charge in [-0.3, -0.25) is 4.79 Å². The third-order valence-corrected chi connectivity index (χ3v) is 5.88. The van der Waals surface area contributed by atoms with Gasteiger partial charge >= 0.3 is 12.2 Å². The second-order valence-electron chi connectivity index (χ2n) is 9.91. The molecule has 1 saturated heterocycles. The minimum absolute atomic E-state index is 0.0869. The summed E-state index contributed by atoms with van der Waals surface area (Å²) in [7, 11) is 2.78. The number of nitrogens with zero attached hydrogens (tertiary/aromatic N) is 3. The smallest absolute Gasteiger partial charge is 0.410 e. The quantitative estimate of drug-likeness (QED) is 0.573. The normalized spacial score (nSPS) is 18.1. The Labute approximate surface area is 217 Å². The Morgan fingerprint density at radius 1 is 1.30 bits per heavy atom. The van der Waals surface area contributed by atoms with Gasteiger partial charge in [0.2, 0.25) is 5.88 Å². The molecule has 1 saturated carbocycles. The summed E-state index contributed by atoms with van der Waals surface area (Å²) in [5, 5.41) is 2.49. The van der Waals surface area contributed by atoms with Gasteiger partial charge in [0.1, 0.15) is 5.60 Å². The first kappa shape index (κ1) is 28.1. The summed E-state index contributed by atoms with van der Waals surface area (Å²) in [6.07, 6.45) is 1.65. The van der Waals surface area contributed by atoms with Crippen LogP contribution >= 0.6 is 0 Å². The molecule has 0 aromatic carbocycles. The first-order chi connectivity index (χ1) is 17.5. The van der Waals surface area contributed by atoms with Gasteiger partial charge in [0, 0.05) is 18.8 Å². The van der Waals surface area contributed by atoms with E-state index < -0.39 is 23.9 Å². The van der Waals surface area contributed by atoms with Gasteiger partial charge in [-0.15, -0.1) is 0 Å². The number of ether oxygens (including phenoxy) is 4. The van der Waals surface area contributed by atoms with E-state index in [0.29, 0.717) is 18.0 Å². The lowest BCUT2D eigenvalue weighted by Crippen LogP contribution is -2.54. The monoisotopic (exact) mass is 516 g/mol. The predicted molar refractivity (Wildman–Crippen MR) is 134 cm³/mol. The highest BCUT2D eigenvalue weighted by Crippen LogP contribution is 2.36. The van der Waals surface area contributed by atoms with Crippen LogP contribution in [0.25, 0.3) is 0 Å². The second kappa shape index (κ2) is 12.1. The highest BCUT2D eigenvalue weighted by atomic mass is 16.6. The lowest BCUT2D eigenvalue weighted by Gasteiger charge is -2.37. The number of pyridine rings is 1. The van der Waals surface area contributed by atoms with E-state index in [-0.39, 0.29) is 37.7 Å². The van der Waals surface area contributed by atoms with Gasteiger partial charge in [0.25, 0.3) is 5.91 Å². The number of hydrogen-bond acceptors (Lipinski definition) is 8. The fraction of sp³-hybridized carbons (Fsp3) is 0.615. The Morgan fingerprint density at radius 3 is 2.65 bits per heavy atom. The highest BCUT2D eigenvalue weighted by molar-refractivity contribution is 5.83. The molecule has 0 spiro atoms. The molecule has 3 rings (SSSR count). The third kappa shape index (κ3) is 7.73. The van der Waals surface area contributed by atoms with Crippen LogP contribution in [0.1, 0.15) is 57.7 Å². The number of methoxy groups -OCH3 is 2. The number of amides is 3. The van der Waals surface area contributed by atoms with E-state index in [1.54, 1.807) is 6.20 Å². The summed E-state index contributed by atoms with van der Waals surface area (Å²) in [6, 6.07) is 1.61. The highest BCUT2D eigenvalue weighted by Gasteiger charge is 2.42. The average molecular weight is 517 g/mol. The Balaban J connectivity index is 1.76. The zero-order chi connectivity index (χ0) is 27.2. The van der Waals surface area contributed by atoms with Crippen LogP contribution < -0.4 is 10.1 Å². The summed E-state index contributed by atoms with van der Waals surface area (Å²) in [4.78, 5) is 45.2. The van der Waals surface area contributed by atoms with Crippen LogP contribution in [0, 0.1) is 11.8 Å². The molecule has 202 valence electrons. The minimum Gasteiger partial charge on any atom is -0.480 e. The number of carbonyl (C=O) groups excluding carboxylic acids is 3. The molecule has 0 bridgehead atoms. The van der Waals surface area contributed by atoms with Crippen molar-refractivity contribution in [2.75, 3.05) is 40.5 Å². The van der Waals surface area contributed by atoms with Crippen LogP contribution in [0.3, 0.4) is 0 Å². The summed E-state index contributed by atoms with van der Waals surface area (Å²) < 4.78 is 21.2. The summed E-state index contributed by atoms with van der Waals surface area (Å²) in [5.41, 5.74) is 0.693. The number of morpholine rings is 1. The molecule has 1 aliphatic carbocycles. The van der Waals surface area contributed by atoms with E-state index in [1.807, 2.05) is 38.7 Å². The van der Waals surface area contributed by atoms with Crippen LogP contribution in [0.2, 0.25) is 0 Å². The maximum absolute atomic E-state index is 13.7. The fourth-order valence-electron chi connectivity index (χ4n) is 3.93. The van der Waals surface area contributed by atoms with Gasteiger partial charge in [-0.05, 0) is 52.2 Å². The van der Waals surface area contributed by atoms with Crippen molar-refractivity contribution in [3.63, 3.8) is 0 Å². The number of alkyl carbamates (subject to hydrolysis) is 1. The maximum atomic E-state index is 13.7. The van der Waals surface area contributed by atoms with Crippen molar-refractivity contribution in [3.05, 3.63) is 23.4 Å². The molecule has 2 aliphatic rings. The molecule has 3 amide bonds. The number of hydrogen-bond donors (Lipinski definition) is 1. The van der Waals surface area contributed by atoms with E-state index in [9.17, 15) is 14.4 Å². The molecule has 1 aromatic rings. The van der Waals surface area contributed by atoms with Crippen molar-refractivity contribution in [2.24, 2.45) is 0 Å². The van der Waals surface area contributed by atoms with Crippen molar-refractivity contribution in [2.45, 2.75) is 64.3 Å². The summed E-state index contributed by atoms with van der Waals surface area (Å²) in [5.74, 6) is 5.97. The molecule has 37 heavy (non-hydrogen) atoms. The van der Waals surface area contributed by atoms with Crippen LogP contribution in [0.5, 0.6) is 5.88 Å². The van der Waals surface area contributed by atoms with E-state index in [0.717, 1.165) is 18.4 Å². The molecule has 2 fully saturated rings. The number of nitrogens with one attached hydrogen (secondary N) is 1. The molecule has 2 atom stereocenters. The van der Waals surface area contributed by atoms with Gasteiger partial charge in [-0.1, -0.05) is 11.8 Å². The van der Waals surface area contributed by atoms with Gasteiger partial charge in [-0.25, -0.2) is 14.6 Å². The van der Waals surface area contributed by atoms with Crippen LogP contribution in [-0.4, -0.2) is 91.1 Å². The maximum Gasteiger partial charge on any atom is 0.410 e. The first-order valence-electron chi connectivity index (χ1n) is 12.3. The van der Waals surface area contributed by atoms with Crippen molar-refractivity contribution in [1.29, 1.82) is 0 Å². The molecule has 0 radical (unpaired) electrons. The molecule has 1 aromatic heterocycles. The van der Waals surface area contributed by atoms with E-state index >= 15 is 0 Å². The Kier molecular flexibility index (Phi) is 9.21. The molecule has 11 nitrogen and oxygen atoms in total. The van der Waals surface area contributed by atoms with E-state index in [4.69, 9.17) is 14.2 Å². The minimum atomic E-state index is -0.779. The van der Waals surface area contributed by atoms with Crippen LogP contribution in [0.15, 0.2) is 12.3 Å².